The first-order valence-electron chi connectivity index (χ1n) is 12.2. The SMILES string of the molecule is CC1[C@H](C)C(=O)N1C(=O)c1cc(C2CC2)c(OCC23CC4CC(CC(C4)C2)C3)cc1F. The fourth-order valence-electron chi connectivity index (χ4n) is 7.45. The monoisotopic (exact) mass is 425 g/mol. The first-order valence-corrected chi connectivity index (χ1v) is 12.2. The molecule has 2 amide bonds. The molecular weight excluding hydrogens is 393 g/mol. The molecule has 5 aliphatic carbocycles. The lowest BCUT2D eigenvalue weighted by Gasteiger charge is -2.56. The van der Waals surface area contributed by atoms with E-state index in [-0.39, 0.29) is 28.8 Å². The average Bonchev–Trinajstić information content (AvgIpc) is 3.56. The Morgan fingerprint density at radius 2 is 1.71 bits per heavy atom. The summed E-state index contributed by atoms with van der Waals surface area (Å²) < 4.78 is 21.5. The zero-order valence-corrected chi connectivity index (χ0v) is 18.5. The van der Waals surface area contributed by atoms with Crippen LogP contribution in [0.1, 0.15) is 87.1 Å². The Morgan fingerprint density at radius 1 is 1.10 bits per heavy atom. The third kappa shape index (κ3) is 3.14. The van der Waals surface area contributed by atoms with Gasteiger partial charge in [0.2, 0.25) is 5.91 Å². The number of carbonyl (C=O) groups is 2. The van der Waals surface area contributed by atoms with Gasteiger partial charge in [0.1, 0.15) is 11.6 Å². The Morgan fingerprint density at radius 3 is 2.26 bits per heavy atom. The lowest BCUT2D eigenvalue weighted by molar-refractivity contribution is -0.148. The minimum atomic E-state index is -0.575. The highest BCUT2D eigenvalue weighted by molar-refractivity contribution is 6.09. The molecule has 0 spiro atoms. The summed E-state index contributed by atoms with van der Waals surface area (Å²) in [5.41, 5.74) is 1.22. The van der Waals surface area contributed by atoms with Gasteiger partial charge in [-0.1, -0.05) is 6.92 Å². The van der Waals surface area contributed by atoms with Crippen LogP contribution in [0.2, 0.25) is 0 Å². The van der Waals surface area contributed by atoms with Crippen molar-refractivity contribution in [3.8, 4) is 5.75 Å². The van der Waals surface area contributed by atoms with Crippen molar-refractivity contribution < 1.29 is 18.7 Å². The minimum Gasteiger partial charge on any atom is -0.493 e. The molecule has 166 valence electrons. The van der Waals surface area contributed by atoms with Gasteiger partial charge in [0.25, 0.3) is 5.91 Å². The Labute approximate surface area is 183 Å². The molecule has 6 aliphatic rings. The summed E-state index contributed by atoms with van der Waals surface area (Å²) in [6.45, 7) is 4.32. The van der Waals surface area contributed by atoms with Crippen LogP contribution < -0.4 is 4.74 Å². The van der Waals surface area contributed by atoms with E-state index in [2.05, 4.69) is 0 Å². The van der Waals surface area contributed by atoms with Crippen LogP contribution in [-0.2, 0) is 4.79 Å². The maximum absolute atomic E-state index is 15.1. The van der Waals surface area contributed by atoms with Gasteiger partial charge in [-0.2, -0.15) is 0 Å². The number of ether oxygens (including phenoxy) is 1. The maximum Gasteiger partial charge on any atom is 0.263 e. The van der Waals surface area contributed by atoms with E-state index < -0.39 is 11.7 Å². The molecule has 1 aromatic carbocycles. The smallest absolute Gasteiger partial charge is 0.263 e. The molecule has 0 aromatic heterocycles. The van der Waals surface area contributed by atoms with Crippen LogP contribution in [0.3, 0.4) is 0 Å². The van der Waals surface area contributed by atoms with Gasteiger partial charge in [0.15, 0.2) is 0 Å². The first kappa shape index (κ1) is 19.8. The Kier molecular flexibility index (Phi) is 4.33. The number of hydrogen-bond donors (Lipinski definition) is 0. The van der Waals surface area contributed by atoms with E-state index in [4.69, 9.17) is 4.74 Å². The molecule has 0 radical (unpaired) electrons. The van der Waals surface area contributed by atoms with Crippen molar-refractivity contribution in [3.05, 3.63) is 29.1 Å². The van der Waals surface area contributed by atoms with Crippen molar-refractivity contribution in [1.82, 2.24) is 4.90 Å². The summed E-state index contributed by atoms with van der Waals surface area (Å²) in [7, 11) is 0. The van der Waals surface area contributed by atoms with Crippen LogP contribution in [0.25, 0.3) is 0 Å². The van der Waals surface area contributed by atoms with Gasteiger partial charge in [0, 0.05) is 17.5 Å². The molecule has 5 saturated carbocycles. The molecular formula is C26H32FNO3. The molecule has 1 heterocycles. The molecule has 4 bridgehead atoms. The van der Waals surface area contributed by atoms with Crippen molar-refractivity contribution in [2.75, 3.05) is 6.61 Å². The summed E-state index contributed by atoms with van der Waals surface area (Å²) in [5.74, 6) is 2.03. The Balaban J connectivity index is 1.25. The van der Waals surface area contributed by atoms with Crippen LogP contribution in [0, 0.1) is 34.9 Å². The molecule has 2 atom stereocenters. The van der Waals surface area contributed by atoms with E-state index in [1.165, 1.54) is 49.5 Å². The molecule has 0 N–H and O–H groups in total. The number of amides is 2. The fourth-order valence-corrected chi connectivity index (χ4v) is 7.45. The minimum absolute atomic E-state index is 0.0103. The lowest BCUT2D eigenvalue weighted by atomic mass is 9.50. The third-order valence-electron chi connectivity index (χ3n) is 9.02. The van der Waals surface area contributed by atoms with Crippen LogP contribution in [0.4, 0.5) is 4.39 Å². The van der Waals surface area contributed by atoms with Gasteiger partial charge in [-0.15, -0.1) is 0 Å². The number of rotatable bonds is 5. The maximum atomic E-state index is 15.1. The van der Waals surface area contributed by atoms with Gasteiger partial charge in [-0.25, -0.2) is 4.39 Å². The molecule has 31 heavy (non-hydrogen) atoms. The molecule has 4 nitrogen and oxygen atoms in total. The van der Waals surface area contributed by atoms with Gasteiger partial charge >= 0.3 is 0 Å². The van der Waals surface area contributed by atoms with Crippen LogP contribution in [-0.4, -0.2) is 29.4 Å². The molecule has 1 aliphatic heterocycles. The van der Waals surface area contributed by atoms with Crippen molar-refractivity contribution in [2.45, 2.75) is 77.2 Å². The zero-order chi connectivity index (χ0) is 21.5. The van der Waals surface area contributed by atoms with E-state index in [0.29, 0.717) is 18.3 Å². The number of imide groups is 1. The van der Waals surface area contributed by atoms with E-state index in [0.717, 1.165) is 36.2 Å². The number of benzene rings is 1. The largest absolute Gasteiger partial charge is 0.493 e. The topological polar surface area (TPSA) is 46.6 Å². The third-order valence-corrected chi connectivity index (χ3v) is 9.02. The quantitative estimate of drug-likeness (QED) is 0.475. The predicted octanol–water partition coefficient (Wildman–Crippen LogP) is 5.31. The van der Waals surface area contributed by atoms with Crippen LogP contribution >= 0.6 is 0 Å². The second-order valence-corrected chi connectivity index (χ2v) is 11.4. The van der Waals surface area contributed by atoms with E-state index in [9.17, 15) is 9.59 Å². The Bertz CT molecular complexity index is 917. The fraction of sp³-hybridized carbons (Fsp3) is 0.692. The predicted molar refractivity (Wildman–Crippen MR) is 114 cm³/mol. The molecule has 7 rings (SSSR count). The van der Waals surface area contributed by atoms with Crippen molar-refractivity contribution >= 4 is 11.8 Å². The molecule has 1 saturated heterocycles. The molecule has 1 unspecified atom stereocenters. The average molecular weight is 426 g/mol. The number of β-lactam (4-membered cyclic amide) rings is 1. The molecule has 1 aromatic rings. The van der Waals surface area contributed by atoms with Crippen LogP contribution in [0.15, 0.2) is 12.1 Å². The number of carbonyl (C=O) groups excluding carboxylic acids is 2. The van der Waals surface area contributed by atoms with E-state index >= 15 is 4.39 Å². The second kappa shape index (κ2) is 6.79. The standard InChI is InChI=1S/C26H32FNO3/c1-14-15(2)28(24(14)29)25(30)21-8-20(19-3-4-19)23(9-22(21)27)31-13-26-10-16-5-17(11-26)7-18(6-16)12-26/h8-9,14-19H,3-7,10-13H2,1-2H3/t14-,15?,16?,17?,18?,26?/m0/s1. The number of hydrogen-bond acceptors (Lipinski definition) is 3. The summed E-state index contributed by atoms with van der Waals surface area (Å²) in [5, 5.41) is 0. The van der Waals surface area contributed by atoms with Gasteiger partial charge < -0.3 is 4.74 Å². The number of nitrogens with zero attached hydrogens (tertiary/aromatic N) is 1. The highest BCUT2D eigenvalue weighted by Crippen LogP contribution is 2.60. The van der Waals surface area contributed by atoms with Gasteiger partial charge in [-0.05, 0) is 93.6 Å². The Hall–Kier alpha value is -1.91. The number of likely N-dealkylation sites (tertiary alicyclic amines) is 1. The van der Waals surface area contributed by atoms with Gasteiger partial charge in [0.05, 0.1) is 18.1 Å². The summed E-state index contributed by atoms with van der Waals surface area (Å²) in [6.07, 6.45) is 10.0. The normalized spacial score (nSPS) is 38.4. The highest BCUT2D eigenvalue weighted by atomic mass is 19.1. The number of halogens is 1. The lowest BCUT2D eigenvalue weighted by Crippen LogP contribution is -2.60. The van der Waals surface area contributed by atoms with E-state index in [1.807, 2.05) is 13.8 Å². The second-order valence-electron chi connectivity index (χ2n) is 11.4. The van der Waals surface area contributed by atoms with Crippen molar-refractivity contribution in [1.29, 1.82) is 0 Å². The van der Waals surface area contributed by atoms with E-state index in [1.54, 1.807) is 6.07 Å². The van der Waals surface area contributed by atoms with Crippen molar-refractivity contribution in [3.63, 3.8) is 0 Å². The zero-order valence-electron chi connectivity index (χ0n) is 18.5. The highest BCUT2D eigenvalue weighted by Gasteiger charge is 2.51. The van der Waals surface area contributed by atoms with Crippen LogP contribution in [0.5, 0.6) is 5.75 Å². The molecule has 5 heteroatoms. The molecule has 6 fully saturated rings. The summed E-state index contributed by atoms with van der Waals surface area (Å²) in [4.78, 5) is 26.3. The van der Waals surface area contributed by atoms with Crippen molar-refractivity contribution in [2.24, 2.45) is 29.1 Å². The first-order chi connectivity index (χ1) is 14.8. The van der Waals surface area contributed by atoms with Gasteiger partial charge in [-0.3, -0.25) is 14.5 Å². The summed E-state index contributed by atoms with van der Waals surface area (Å²) in [6, 6.07) is 2.91. The summed E-state index contributed by atoms with van der Waals surface area (Å²) >= 11 is 0.